The molecule has 2 unspecified atom stereocenters. The zero-order valence-electron chi connectivity index (χ0n) is 10.6. The molecule has 0 aliphatic carbocycles. The minimum Gasteiger partial charge on any atom is -0.374 e. The van der Waals surface area contributed by atoms with Crippen LogP contribution in [0.5, 0.6) is 0 Å². The lowest BCUT2D eigenvalue weighted by Crippen LogP contribution is -2.50. The Morgan fingerprint density at radius 3 is 2.75 bits per heavy atom. The van der Waals surface area contributed by atoms with E-state index in [1.165, 1.54) is 19.5 Å². The van der Waals surface area contributed by atoms with Crippen molar-refractivity contribution in [1.82, 2.24) is 9.80 Å². The largest absolute Gasteiger partial charge is 0.374 e. The summed E-state index contributed by atoms with van der Waals surface area (Å²) < 4.78 is 5.61. The Morgan fingerprint density at radius 2 is 2.12 bits per heavy atom. The number of ether oxygens (including phenoxy) is 1. The minimum absolute atomic E-state index is 0.252. The first kappa shape index (κ1) is 12.3. The van der Waals surface area contributed by atoms with Crippen LogP contribution in [0.1, 0.15) is 20.3 Å². The summed E-state index contributed by atoms with van der Waals surface area (Å²) in [6, 6.07) is 1.40. The summed E-state index contributed by atoms with van der Waals surface area (Å²) in [5.74, 6) is 0. The van der Waals surface area contributed by atoms with E-state index in [4.69, 9.17) is 10.5 Å². The number of morpholine rings is 1. The molecule has 0 spiro atoms. The van der Waals surface area contributed by atoms with Crippen LogP contribution >= 0.6 is 0 Å². The molecule has 0 bridgehead atoms. The van der Waals surface area contributed by atoms with E-state index in [0.717, 1.165) is 25.7 Å². The molecule has 4 heteroatoms. The van der Waals surface area contributed by atoms with E-state index < -0.39 is 0 Å². The lowest BCUT2D eigenvalue weighted by Gasteiger charge is -2.36. The first-order valence-corrected chi connectivity index (χ1v) is 6.50. The average molecular weight is 227 g/mol. The fourth-order valence-corrected chi connectivity index (χ4v) is 2.75. The van der Waals surface area contributed by atoms with Crippen molar-refractivity contribution in [3.05, 3.63) is 0 Å². The molecule has 2 saturated heterocycles. The highest BCUT2D eigenvalue weighted by Gasteiger charge is 2.31. The summed E-state index contributed by atoms with van der Waals surface area (Å²) >= 11 is 0. The minimum atomic E-state index is 0.252. The lowest BCUT2D eigenvalue weighted by atomic mass is 10.1. The van der Waals surface area contributed by atoms with Gasteiger partial charge in [-0.2, -0.15) is 0 Å². The van der Waals surface area contributed by atoms with Gasteiger partial charge in [-0.3, -0.25) is 9.80 Å². The van der Waals surface area contributed by atoms with Gasteiger partial charge in [0.05, 0.1) is 12.7 Å². The Kier molecular flexibility index (Phi) is 4.19. The molecule has 0 aromatic heterocycles. The van der Waals surface area contributed by atoms with Crippen LogP contribution in [0.25, 0.3) is 0 Å². The third-order valence-corrected chi connectivity index (χ3v) is 3.87. The van der Waals surface area contributed by atoms with Crippen molar-refractivity contribution in [2.24, 2.45) is 5.73 Å². The van der Waals surface area contributed by atoms with Crippen molar-refractivity contribution in [3.63, 3.8) is 0 Å². The SMILES string of the molecule is CC(C)N1CCC(N2CCOC(CN)C2)C1. The molecule has 2 fully saturated rings. The molecule has 0 amide bonds. The van der Waals surface area contributed by atoms with Gasteiger partial charge in [0.25, 0.3) is 0 Å². The van der Waals surface area contributed by atoms with Crippen molar-refractivity contribution in [1.29, 1.82) is 0 Å². The van der Waals surface area contributed by atoms with Crippen molar-refractivity contribution in [2.45, 2.75) is 38.5 Å². The maximum Gasteiger partial charge on any atom is 0.0824 e. The highest BCUT2D eigenvalue weighted by molar-refractivity contribution is 4.87. The number of rotatable bonds is 3. The second-order valence-corrected chi connectivity index (χ2v) is 5.25. The highest BCUT2D eigenvalue weighted by atomic mass is 16.5. The summed E-state index contributed by atoms with van der Waals surface area (Å²) in [6.45, 7) is 10.6. The summed E-state index contributed by atoms with van der Waals surface area (Å²) in [6.07, 6.45) is 1.55. The van der Waals surface area contributed by atoms with Crippen LogP contribution in [0.15, 0.2) is 0 Å². The number of likely N-dealkylation sites (tertiary alicyclic amines) is 1. The van der Waals surface area contributed by atoms with Gasteiger partial charge >= 0.3 is 0 Å². The zero-order valence-corrected chi connectivity index (χ0v) is 10.6. The van der Waals surface area contributed by atoms with Gasteiger partial charge in [0.15, 0.2) is 0 Å². The monoisotopic (exact) mass is 227 g/mol. The summed E-state index contributed by atoms with van der Waals surface area (Å²) in [5, 5.41) is 0. The molecule has 16 heavy (non-hydrogen) atoms. The molecule has 0 aromatic rings. The van der Waals surface area contributed by atoms with E-state index in [0.29, 0.717) is 12.6 Å². The highest BCUT2D eigenvalue weighted by Crippen LogP contribution is 2.19. The van der Waals surface area contributed by atoms with Gasteiger partial charge in [-0.25, -0.2) is 0 Å². The molecule has 2 aliphatic rings. The van der Waals surface area contributed by atoms with Crippen LogP contribution in [-0.2, 0) is 4.74 Å². The smallest absolute Gasteiger partial charge is 0.0824 e. The maximum absolute atomic E-state index is 5.68. The van der Waals surface area contributed by atoms with E-state index in [-0.39, 0.29) is 6.10 Å². The quantitative estimate of drug-likeness (QED) is 0.744. The molecule has 0 aromatic carbocycles. The molecule has 94 valence electrons. The van der Waals surface area contributed by atoms with Crippen molar-refractivity contribution in [2.75, 3.05) is 39.3 Å². The number of nitrogens with zero attached hydrogens (tertiary/aromatic N) is 2. The summed E-state index contributed by atoms with van der Waals surface area (Å²) in [7, 11) is 0. The second kappa shape index (κ2) is 5.45. The normalized spacial score (nSPS) is 33.8. The predicted octanol–water partition coefficient (Wildman–Crippen LogP) is 0.129. The fraction of sp³-hybridized carbons (Fsp3) is 1.00. The molecule has 2 atom stereocenters. The summed E-state index contributed by atoms with van der Waals surface area (Å²) in [4.78, 5) is 5.14. The number of nitrogens with two attached hydrogens (primary N) is 1. The Morgan fingerprint density at radius 1 is 1.31 bits per heavy atom. The molecule has 2 aliphatic heterocycles. The second-order valence-electron chi connectivity index (χ2n) is 5.25. The van der Waals surface area contributed by atoms with Crippen LogP contribution in [0.4, 0.5) is 0 Å². The topological polar surface area (TPSA) is 41.7 Å². The van der Waals surface area contributed by atoms with Crippen LogP contribution in [0.3, 0.4) is 0 Å². The van der Waals surface area contributed by atoms with Crippen LogP contribution in [-0.4, -0.2) is 67.3 Å². The molecule has 0 radical (unpaired) electrons. The Labute approximate surface area is 98.7 Å². The van der Waals surface area contributed by atoms with Gasteiger partial charge < -0.3 is 10.5 Å². The van der Waals surface area contributed by atoms with E-state index in [9.17, 15) is 0 Å². The predicted molar refractivity (Wildman–Crippen MR) is 65.5 cm³/mol. The Bertz CT molecular complexity index is 222. The Balaban J connectivity index is 1.84. The van der Waals surface area contributed by atoms with Crippen LogP contribution in [0.2, 0.25) is 0 Å². The van der Waals surface area contributed by atoms with Crippen molar-refractivity contribution >= 4 is 0 Å². The Hall–Kier alpha value is -0.160. The average Bonchev–Trinajstić information content (AvgIpc) is 2.78. The molecule has 2 heterocycles. The first-order chi connectivity index (χ1) is 7.70. The van der Waals surface area contributed by atoms with Gasteiger partial charge in [0.1, 0.15) is 0 Å². The van der Waals surface area contributed by atoms with E-state index in [1.54, 1.807) is 0 Å². The lowest BCUT2D eigenvalue weighted by molar-refractivity contribution is -0.0371. The zero-order chi connectivity index (χ0) is 11.5. The molecule has 4 nitrogen and oxygen atoms in total. The van der Waals surface area contributed by atoms with Gasteiger partial charge in [-0.1, -0.05) is 0 Å². The van der Waals surface area contributed by atoms with Gasteiger partial charge in [-0.05, 0) is 20.3 Å². The molecular weight excluding hydrogens is 202 g/mol. The van der Waals surface area contributed by atoms with Gasteiger partial charge in [0, 0.05) is 44.8 Å². The van der Waals surface area contributed by atoms with Crippen molar-refractivity contribution < 1.29 is 4.74 Å². The molecular formula is C12H25N3O. The first-order valence-electron chi connectivity index (χ1n) is 6.50. The third-order valence-electron chi connectivity index (χ3n) is 3.87. The standard InChI is InChI=1S/C12H25N3O/c1-10(2)14-4-3-11(8-14)15-5-6-16-12(7-13)9-15/h10-12H,3-9,13H2,1-2H3. The molecule has 0 saturated carbocycles. The molecule has 2 N–H and O–H groups in total. The molecule has 2 rings (SSSR count). The van der Waals surface area contributed by atoms with Crippen LogP contribution in [0, 0.1) is 0 Å². The van der Waals surface area contributed by atoms with Gasteiger partial charge in [0.2, 0.25) is 0 Å². The van der Waals surface area contributed by atoms with Gasteiger partial charge in [-0.15, -0.1) is 0 Å². The number of hydrogen-bond acceptors (Lipinski definition) is 4. The van der Waals surface area contributed by atoms with E-state index >= 15 is 0 Å². The van der Waals surface area contributed by atoms with Crippen LogP contribution < -0.4 is 5.73 Å². The fourth-order valence-electron chi connectivity index (χ4n) is 2.75. The van der Waals surface area contributed by atoms with E-state index in [1.807, 2.05) is 0 Å². The van der Waals surface area contributed by atoms with Crippen molar-refractivity contribution in [3.8, 4) is 0 Å². The number of hydrogen-bond donors (Lipinski definition) is 1. The summed E-state index contributed by atoms with van der Waals surface area (Å²) in [5.41, 5.74) is 5.68. The van der Waals surface area contributed by atoms with E-state index in [2.05, 4.69) is 23.6 Å². The third kappa shape index (κ3) is 2.74. The maximum atomic E-state index is 5.68.